The Bertz CT molecular complexity index is 921. The molecule has 1 N–H and O–H groups in total. The molecular formula is C26H35N5O3. The molecule has 2 aliphatic rings. The van der Waals surface area contributed by atoms with Gasteiger partial charge in [-0.1, -0.05) is 6.07 Å². The first kappa shape index (κ1) is 24.0. The first-order valence-electron chi connectivity index (χ1n) is 12.3. The number of nitrogens with one attached hydrogen (secondary N) is 1. The summed E-state index contributed by atoms with van der Waals surface area (Å²) in [6.45, 7) is 7.22. The van der Waals surface area contributed by atoms with Gasteiger partial charge in [0.2, 0.25) is 0 Å². The summed E-state index contributed by atoms with van der Waals surface area (Å²) in [5.41, 5.74) is 3.13. The molecular weight excluding hydrogens is 430 g/mol. The van der Waals surface area contributed by atoms with E-state index in [4.69, 9.17) is 4.74 Å². The number of nitrogens with zero attached hydrogens (tertiary/aromatic N) is 4. The fourth-order valence-corrected chi connectivity index (χ4v) is 4.61. The van der Waals surface area contributed by atoms with Crippen LogP contribution in [0.3, 0.4) is 0 Å². The minimum absolute atomic E-state index is 0.0200. The second-order valence-corrected chi connectivity index (χ2v) is 8.85. The van der Waals surface area contributed by atoms with Crippen LogP contribution in [0, 0.1) is 0 Å². The third-order valence-corrected chi connectivity index (χ3v) is 6.64. The number of anilines is 1. The van der Waals surface area contributed by atoms with Gasteiger partial charge in [-0.2, -0.15) is 0 Å². The number of benzene rings is 1. The molecule has 3 heterocycles. The van der Waals surface area contributed by atoms with E-state index in [2.05, 4.69) is 33.4 Å². The molecule has 2 amide bonds. The van der Waals surface area contributed by atoms with E-state index in [0.717, 1.165) is 44.6 Å². The van der Waals surface area contributed by atoms with Crippen molar-refractivity contribution in [2.45, 2.75) is 32.2 Å². The van der Waals surface area contributed by atoms with Gasteiger partial charge in [0.15, 0.2) is 0 Å². The van der Waals surface area contributed by atoms with Crippen LogP contribution in [-0.4, -0.2) is 85.2 Å². The molecule has 0 aliphatic carbocycles. The molecule has 4 rings (SSSR count). The van der Waals surface area contributed by atoms with Gasteiger partial charge in [-0.25, -0.2) is 4.79 Å². The number of hydrogen-bond donors (Lipinski definition) is 1. The Morgan fingerprint density at radius 2 is 1.71 bits per heavy atom. The summed E-state index contributed by atoms with van der Waals surface area (Å²) in [5.74, 6) is 0.0200. The molecule has 8 heteroatoms. The zero-order valence-electron chi connectivity index (χ0n) is 20.0. The van der Waals surface area contributed by atoms with Gasteiger partial charge in [-0.05, 0) is 68.6 Å². The summed E-state index contributed by atoms with van der Waals surface area (Å²) in [5, 5.41) is 3.68. The van der Waals surface area contributed by atoms with Crippen LogP contribution < -0.4 is 10.2 Å². The Balaban J connectivity index is 1.20. The predicted octanol–water partition coefficient (Wildman–Crippen LogP) is 2.80. The average Bonchev–Trinajstić information content (AvgIpc) is 2.90. The maximum absolute atomic E-state index is 12.9. The maximum atomic E-state index is 12.9. The monoisotopic (exact) mass is 465 g/mol. The summed E-state index contributed by atoms with van der Waals surface area (Å²) in [6, 6.07) is 12.6. The summed E-state index contributed by atoms with van der Waals surface area (Å²) in [6.07, 6.45) is 6.66. The van der Waals surface area contributed by atoms with Gasteiger partial charge in [0, 0.05) is 69.0 Å². The van der Waals surface area contributed by atoms with Crippen molar-refractivity contribution in [3.8, 4) is 0 Å². The van der Waals surface area contributed by atoms with Crippen molar-refractivity contribution in [2.24, 2.45) is 0 Å². The molecule has 2 saturated heterocycles. The molecule has 34 heavy (non-hydrogen) atoms. The molecule has 2 fully saturated rings. The molecule has 0 spiro atoms. The third kappa shape index (κ3) is 6.26. The van der Waals surface area contributed by atoms with Gasteiger partial charge >= 0.3 is 6.09 Å². The van der Waals surface area contributed by atoms with Crippen molar-refractivity contribution in [1.82, 2.24) is 20.1 Å². The normalized spacial score (nSPS) is 17.0. The Hall–Kier alpha value is -3.13. The smallest absolute Gasteiger partial charge is 0.409 e. The molecule has 0 saturated carbocycles. The number of aromatic nitrogens is 1. The molecule has 182 valence electrons. The molecule has 1 aromatic carbocycles. The lowest BCUT2D eigenvalue weighted by atomic mass is 10.0. The van der Waals surface area contributed by atoms with Crippen LogP contribution in [0.2, 0.25) is 0 Å². The molecule has 0 bridgehead atoms. The van der Waals surface area contributed by atoms with E-state index in [9.17, 15) is 9.59 Å². The zero-order valence-corrected chi connectivity index (χ0v) is 20.0. The number of hydrogen-bond acceptors (Lipinski definition) is 6. The van der Waals surface area contributed by atoms with Crippen LogP contribution in [-0.2, 0) is 11.2 Å². The number of amides is 2. The van der Waals surface area contributed by atoms with Crippen LogP contribution >= 0.6 is 0 Å². The fourth-order valence-electron chi connectivity index (χ4n) is 4.61. The van der Waals surface area contributed by atoms with Gasteiger partial charge in [0.25, 0.3) is 5.91 Å². The third-order valence-electron chi connectivity index (χ3n) is 6.64. The van der Waals surface area contributed by atoms with E-state index in [0.29, 0.717) is 44.4 Å². The fraction of sp³-hybridized carbons (Fsp3) is 0.500. The van der Waals surface area contributed by atoms with Crippen molar-refractivity contribution < 1.29 is 14.3 Å². The highest BCUT2D eigenvalue weighted by atomic mass is 16.6. The number of pyridine rings is 1. The molecule has 2 aromatic rings. The Morgan fingerprint density at radius 1 is 1.00 bits per heavy atom. The second kappa shape index (κ2) is 11.8. The molecule has 8 nitrogen and oxygen atoms in total. The highest BCUT2D eigenvalue weighted by molar-refractivity contribution is 5.94. The van der Waals surface area contributed by atoms with Gasteiger partial charge in [0.1, 0.15) is 0 Å². The standard InChI is InChI=1S/C26H35N5O3/c1-2-34-26(33)31-18-16-30(17-19-31)25(32)22-5-7-24(8-6-22)29-14-10-23(11-15-29)28-13-9-21-4-3-12-27-20-21/h3-8,12,20,23,28H,2,9-11,13-19H2,1H3. The zero-order chi connectivity index (χ0) is 23.8. The van der Waals surface area contributed by atoms with E-state index >= 15 is 0 Å². The van der Waals surface area contributed by atoms with Crippen LogP contribution in [0.1, 0.15) is 35.7 Å². The van der Waals surface area contributed by atoms with Crippen molar-refractivity contribution >= 4 is 17.7 Å². The summed E-state index contributed by atoms with van der Waals surface area (Å²) in [4.78, 5) is 34.8. The summed E-state index contributed by atoms with van der Waals surface area (Å²) in [7, 11) is 0. The number of piperidine rings is 1. The van der Waals surface area contributed by atoms with E-state index in [1.54, 1.807) is 11.8 Å². The first-order valence-corrected chi connectivity index (χ1v) is 12.3. The first-order chi connectivity index (χ1) is 16.6. The van der Waals surface area contributed by atoms with Gasteiger partial charge in [-0.3, -0.25) is 9.78 Å². The highest BCUT2D eigenvalue weighted by Gasteiger charge is 2.26. The van der Waals surface area contributed by atoms with Crippen molar-refractivity contribution in [2.75, 3.05) is 57.3 Å². The van der Waals surface area contributed by atoms with Gasteiger partial charge < -0.3 is 24.8 Å². The Morgan fingerprint density at radius 3 is 2.35 bits per heavy atom. The summed E-state index contributed by atoms with van der Waals surface area (Å²) >= 11 is 0. The number of carbonyl (C=O) groups excluding carboxylic acids is 2. The lowest BCUT2D eigenvalue weighted by molar-refractivity contribution is 0.0570. The van der Waals surface area contributed by atoms with Gasteiger partial charge in [0.05, 0.1) is 6.61 Å². The van der Waals surface area contributed by atoms with E-state index < -0.39 is 0 Å². The number of piperazine rings is 1. The topological polar surface area (TPSA) is 78.0 Å². The Labute approximate surface area is 201 Å². The van der Waals surface area contributed by atoms with E-state index in [-0.39, 0.29) is 12.0 Å². The second-order valence-electron chi connectivity index (χ2n) is 8.85. The lowest BCUT2D eigenvalue weighted by Gasteiger charge is -2.35. The maximum Gasteiger partial charge on any atom is 0.409 e. The lowest BCUT2D eigenvalue weighted by Crippen LogP contribution is -2.50. The Kier molecular flexibility index (Phi) is 8.36. The van der Waals surface area contributed by atoms with Crippen LogP contribution in [0.15, 0.2) is 48.8 Å². The number of carbonyl (C=O) groups is 2. The van der Waals surface area contributed by atoms with E-state index in [1.165, 1.54) is 5.56 Å². The molecule has 0 radical (unpaired) electrons. The SMILES string of the molecule is CCOC(=O)N1CCN(C(=O)c2ccc(N3CCC(NCCc4cccnc4)CC3)cc2)CC1. The van der Waals surface area contributed by atoms with Crippen LogP contribution in [0.25, 0.3) is 0 Å². The van der Waals surface area contributed by atoms with Crippen molar-refractivity contribution in [3.63, 3.8) is 0 Å². The largest absolute Gasteiger partial charge is 0.450 e. The summed E-state index contributed by atoms with van der Waals surface area (Å²) < 4.78 is 5.05. The molecule has 0 atom stereocenters. The van der Waals surface area contributed by atoms with Gasteiger partial charge in [-0.15, -0.1) is 0 Å². The quantitative estimate of drug-likeness (QED) is 0.678. The minimum atomic E-state index is -0.300. The molecule has 0 unspecified atom stereocenters. The molecule has 1 aromatic heterocycles. The van der Waals surface area contributed by atoms with Crippen LogP contribution in [0.5, 0.6) is 0 Å². The molecule has 2 aliphatic heterocycles. The van der Waals surface area contributed by atoms with Crippen molar-refractivity contribution in [3.05, 3.63) is 59.9 Å². The average molecular weight is 466 g/mol. The van der Waals surface area contributed by atoms with Crippen molar-refractivity contribution in [1.29, 1.82) is 0 Å². The van der Waals surface area contributed by atoms with Crippen LogP contribution in [0.4, 0.5) is 10.5 Å². The highest BCUT2D eigenvalue weighted by Crippen LogP contribution is 2.21. The number of rotatable bonds is 7. The predicted molar refractivity (Wildman–Crippen MR) is 132 cm³/mol. The van der Waals surface area contributed by atoms with E-state index in [1.807, 2.05) is 35.5 Å². The minimum Gasteiger partial charge on any atom is -0.450 e. The number of ether oxygens (including phenoxy) is 1.